The van der Waals surface area contributed by atoms with Gasteiger partial charge in [0.2, 0.25) is 0 Å². The lowest BCUT2D eigenvalue weighted by Crippen LogP contribution is -2.14. The van der Waals surface area contributed by atoms with Gasteiger partial charge >= 0.3 is 0 Å². The zero-order valence-corrected chi connectivity index (χ0v) is 38.6. The first-order chi connectivity index (χ1) is 33.9. The van der Waals surface area contributed by atoms with Gasteiger partial charge in [-0.15, -0.1) is 0 Å². The van der Waals surface area contributed by atoms with Crippen LogP contribution >= 0.6 is 0 Å². The molecule has 0 aliphatic heterocycles. The van der Waals surface area contributed by atoms with Gasteiger partial charge in [0, 0.05) is 22.1 Å². The van der Waals surface area contributed by atoms with Crippen molar-refractivity contribution in [2.75, 3.05) is 0 Å². The Morgan fingerprint density at radius 3 is 1.32 bits per heavy atom. The molecule has 1 aliphatic carbocycles. The van der Waals surface area contributed by atoms with E-state index in [9.17, 15) is 0 Å². The van der Waals surface area contributed by atoms with E-state index in [-0.39, 0.29) is 5.41 Å². The third kappa shape index (κ3) is 7.86. The van der Waals surface area contributed by atoms with Crippen molar-refractivity contribution >= 4 is 0 Å². The summed E-state index contributed by atoms with van der Waals surface area (Å²) < 4.78 is 0. The van der Waals surface area contributed by atoms with Gasteiger partial charge in [-0.3, -0.25) is 0 Å². The molecule has 2 heteroatoms. The van der Waals surface area contributed by atoms with Crippen LogP contribution in [-0.4, -0.2) is 9.97 Å². The van der Waals surface area contributed by atoms with E-state index in [1.807, 2.05) is 24.3 Å². The minimum absolute atomic E-state index is 0.0657. The van der Waals surface area contributed by atoms with Gasteiger partial charge in [0.05, 0.1) is 11.4 Å². The van der Waals surface area contributed by atoms with Gasteiger partial charge in [-0.1, -0.05) is 238 Å². The summed E-state index contributed by atoms with van der Waals surface area (Å²) in [5, 5.41) is 0. The Hall–Kier alpha value is -8.72. The van der Waals surface area contributed by atoms with E-state index in [0.29, 0.717) is 5.82 Å². The summed E-state index contributed by atoms with van der Waals surface area (Å²) in [6.45, 7) is 4.70. The predicted octanol–water partition coefficient (Wildman–Crippen LogP) is 17.8. The summed E-state index contributed by atoms with van der Waals surface area (Å²) in [4.78, 5) is 10.3. The SMILES string of the molecule is CC1(C)c2ccccc2-c2cc(-c3cc(-c4ccccc4)cc(-c4ccc(-c5cccc(-c6cc(-c7ccc(-c8ccccc8)cc7)nc(-c7ccccc7)n6)c5)cc4)c3-c3ccccc3)ccc21. The predicted molar refractivity (Wildman–Crippen MR) is 289 cm³/mol. The number of hydrogen-bond donors (Lipinski definition) is 0. The van der Waals surface area contributed by atoms with Crippen LogP contribution in [0, 0.1) is 0 Å². The molecule has 10 aromatic carbocycles. The zero-order valence-electron chi connectivity index (χ0n) is 38.6. The first-order valence-corrected chi connectivity index (χ1v) is 23.8. The lowest BCUT2D eigenvalue weighted by molar-refractivity contribution is 0.660. The molecule has 12 rings (SSSR count). The first-order valence-electron chi connectivity index (χ1n) is 23.8. The highest BCUT2D eigenvalue weighted by Gasteiger charge is 2.35. The molecule has 11 aromatic rings. The van der Waals surface area contributed by atoms with Crippen molar-refractivity contribution in [1.82, 2.24) is 9.97 Å². The molecule has 0 radical (unpaired) electrons. The second-order valence-corrected chi connectivity index (χ2v) is 18.5. The normalized spacial score (nSPS) is 12.3. The summed E-state index contributed by atoms with van der Waals surface area (Å²) in [5.41, 5.74) is 24.3. The van der Waals surface area contributed by atoms with Gasteiger partial charge in [0.15, 0.2) is 5.82 Å². The first kappa shape index (κ1) is 41.7. The van der Waals surface area contributed by atoms with Crippen molar-refractivity contribution in [1.29, 1.82) is 0 Å². The van der Waals surface area contributed by atoms with Crippen LogP contribution < -0.4 is 0 Å². The highest BCUT2D eigenvalue weighted by molar-refractivity contribution is 5.99. The summed E-state index contributed by atoms with van der Waals surface area (Å²) in [7, 11) is 0. The fraction of sp³-hybridized carbons (Fsp3) is 0.0448. The Balaban J connectivity index is 0.955. The highest BCUT2D eigenvalue weighted by atomic mass is 14.9. The Bertz CT molecular complexity index is 3630. The van der Waals surface area contributed by atoms with Crippen molar-refractivity contribution in [3.8, 4) is 112 Å². The molecule has 1 heterocycles. The third-order valence-corrected chi connectivity index (χ3v) is 13.9. The fourth-order valence-electron chi connectivity index (χ4n) is 10.3. The van der Waals surface area contributed by atoms with Gasteiger partial charge in [0.25, 0.3) is 0 Å². The maximum absolute atomic E-state index is 5.18. The number of rotatable bonds is 9. The molecule has 0 saturated heterocycles. The topological polar surface area (TPSA) is 25.8 Å². The van der Waals surface area contributed by atoms with Crippen LogP contribution in [0.3, 0.4) is 0 Å². The standard InChI is InChI=1S/C67H48N2/c1-67(2)61-29-16-15-28-57(61)60-41-54(38-39-62(60)67)59-43-56(46-20-9-4-10-21-46)42-58(65(59)51-22-11-5-12-23-51)49-34-30-48(31-35-49)53-26-17-27-55(40-53)64-44-63(68-66(69-64)52-24-13-6-14-25-52)50-36-32-47(33-37-50)45-18-7-3-8-19-45/h3-44H,1-2H3. The Labute approximate surface area is 405 Å². The van der Waals surface area contributed by atoms with Crippen molar-refractivity contribution in [3.05, 3.63) is 266 Å². The minimum atomic E-state index is -0.0657. The van der Waals surface area contributed by atoms with E-state index < -0.39 is 0 Å². The molecule has 0 fully saturated rings. The van der Waals surface area contributed by atoms with Crippen molar-refractivity contribution < 1.29 is 0 Å². The molecule has 0 spiro atoms. The summed E-state index contributed by atoms with van der Waals surface area (Å²) >= 11 is 0. The minimum Gasteiger partial charge on any atom is -0.228 e. The second-order valence-electron chi connectivity index (χ2n) is 18.5. The van der Waals surface area contributed by atoms with E-state index >= 15 is 0 Å². The monoisotopic (exact) mass is 880 g/mol. The fourth-order valence-corrected chi connectivity index (χ4v) is 10.3. The molecular weight excluding hydrogens is 833 g/mol. The van der Waals surface area contributed by atoms with Gasteiger partial charge in [-0.25, -0.2) is 9.97 Å². The summed E-state index contributed by atoms with van der Waals surface area (Å²) in [6, 6.07) is 91.9. The van der Waals surface area contributed by atoms with E-state index in [4.69, 9.17) is 9.97 Å². The Kier molecular flexibility index (Phi) is 10.6. The van der Waals surface area contributed by atoms with E-state index in [1.54, 1.807) is 0 Å². The van der Waals surface area contributed by atoms with Crippen molar-refractivity contribution in [2.24, 2.45) is 0 Å². The van der Waals surface area contributed by atoms with Crippen LogP contribution in [-0.2, 0) is 5.41 Å². The van der Waals surface area contributed by atoms with Gasteiger partial charge in [-0.2, -0.15) is 0 Å². The van der Waals surface area contributed by atoms with Crippen molar-refractivity contribution in [2.45, 2.75) is 19.3 Å². The molecule has 1 aliphatic rings. The number of fused-ring (bicyclic) bond motifs is 3. The zero-order chi connectivity index (χ0) is 46.3. The van der Waals surface area contributed by atoms with E-state index in [2.05, 4.69) is 244 Å². The molecule has 0 amide bonds. The number of hydrogen-bond acceptors (Lipinski definition) is 2. The second kappa shape index (κ2) is 17.5. The average Bonchev–Trinajstić information content (AvgIpc) is 3.66. The van der Waals surface area contributed by atoms with Gasteiger partial charge in [-0.05, 0) is 119 Å². The molecular formula is C67H48N2. The van der Waals surface area contributed by atoms with Crippen molar-refractivity contribution in [3.63, 3.8) is 0 Å². The van der Waals surface area contributed by atoms with Crippen LogP contribution in [0.25, 0.3) is 112 Å². The van der Waals surface area contributed by atoms with Crippen LogP contribution in [0.2, 0.25) is 0 Å². The smallest absolute Gasteiger partial charge is 0.160 e. The molecule has 1 aromatic heterocycles. The van der Waals surface area contributed by atoms with Crippen LogP contribution in [0.4, 0.5) is 0 Å². The average molecular weight is 881 g/mol. The Morgan fingerprint density at radius 2 is 0.667 bits per heavy atom. The summed E-state index contributed by atoms with van der Waals surface area (Å²) in [5.74, 6) is 0.699. The van der Waals surface area contributed by atoms with Gasteiger partial charge in [0.1, 0.15) is 0 Å². The van der Waals surface area contributed by atoms with Crippen LogP contribution in [0.1, 0.15) is 25.0 Å². The number of nitrogens with zero attached hydrogens (tertiary/aromatic N) is 2. The Morgan fingerprint density at radius 1 is 0.246 bits per heavy atom. The molecule has 0 atom stereocenters. The summed E-state index contributed by atoms with van der Waals surface area (Å²) in [6.07, 6.45) is 0. The number of aromatic nitrogens is 2. The molecule has 326 valence electrons. The molecule has 0 bridgehead atoms. The highest BCUT2D eigenvalue weighted by Crippen LogP contribution is 2.51. The third-order valence-electron chi connectivity index (χ3n) is 13.9. The van der Waals surface area contributed by atoms with Crippen LogP contribution in [0.5, 0.6) is 0 Å². The quantitative estimate of drug-likeness (QED) is 0.144. The lowest BCUT2D eigenvalue weighted by Gasteiger charge is -2.22. The van der Waals surface area contributed by atoms with Gasteiger partial charge < -0.3 is 0 Å². The molecule has 0 saturated carbocycles. The molecule has 2 nitrogen and oxygen atoms in total. The lowest BCUT2D eigenvalue weighted by atomic mass is 9.81. The van der Waals surface area contributed by atoms with E-state index in [0.717, 1.165) is 44.8 Å². The molecule has 69 heavy (non-hydrogen) atoms. The van der Waals surface area contributed by atoms with Crippen LogP contribution in [0.15, 0.2) is 255 Å². The maximum Gasteiger partial charge on any atom is 0.160 e. The molecule has 0 N–H and O–H groups in total. The largest absolute Gasteiger partial charge is 0.228 e. The maximum atomic E-state index is 5.18. The number of benzene rings is 10. The van der Waals surface area contributed by atoms with E-state index in [1.165, 1.54) is 72.3 Å². The molecule has 0 unspecified atom stereocenters.